The van der Waals surface area contributed by atoms with Crippen LogP contribution in [0.2, 0.25) is 0 Å². The van der Waals surface area contributed by atoms with Crippen molar-refractivity contribution >= 4 is 0 Å². The van der Waals surface area contributed by atoms with Crippen LogP contribution >= 0.6 is 0 Å². The molecule has 0 amide bonds. The Hall–Kier alpha value is -0.160. The molecular formula is C23H46O4. The molecule has 27 heavy (non-hydrogen) atoms. The van der Waals surface area contributed by atoms with E-state index in [2.05, 4.69) is 48.5 Å². The highest BCUT2D eigenvalue weighted by atomic mass is 16.9. The fourth-order valence-electron chi connectivity index (χ4n) is 3.79. The molecule has 0 saturated carbocycles. The van der Waals surface area contributed by atoms with Gasteiger partial charge in [0.2, 0.25) is 0 Å². The predicted molar refractivity (Wildman–Crippen MR) is 112 cm³/mol. The molecule has 4 heteroatoms. The van der Waals surface area contributed by atoms with E-state index in [0.29, 0.717) is 5.92 Å². The maximum atomic E-state index is 6.40. The lowest BCUT2D eigenvalue weighted by molar-refractivity contribution is -0.434. The smallest absolute Gasteiger partial charge is 0.286 e. The quantitative estimate of drug-likeness (QED) is 0.230. The summed E-state index contributed by atoms with van der Waals surface area (Å²) in [5, 5.41) is 0. The van der Waals surface area contributed by atoms with Gasteiger partial charge in [-0.3, -0.25) is 0 Å². The highest BCUT2D eigenvalue weighted by Gasteiger charge is 2.46. The summed E-state index contributed by atoms with van der Waals surface area (Å²) >= 11 is 0. The first-order valence-electron chi connectivity index (χ1n) is 11.4. The third kappa shape index (κ3) is 9.74. The Morgan fingerprint density at radius 1 is 0.778 bits per heavy atom. The number of hydrogen-bond acceptors (Lipinski definition) is 4. The first kappa shape index (κ1) is 24.9. The Balaban J connectivity index is 2.87. The third-order valence-electron chi connectivity index (χ3n) is 4.93. The molecule has 1 saturated heterocycles. The van der Waals surface area contributed by atoms with Gasteiger partial charge < -0.3 is 18.9 Å². The Kier molecular flexibility index (Phi) is 12.1. The molecule has 1 atom stereocenters. The molecule has 0 aliphatic carbocycles. The van der Waals surface area contributed by atoms with Gasteiger partial charge in [0.05, 0.1) is 31.5 Å². The molecule has 0 spiro atoms. The molecule has 0 radical (unpaired) electrons. The van der Waals surface area contributed by atoms with Crippen LogP contribution < -0.4 is 0 Å². The SMILES string of the molecule is CCCCCCCCC(CC1COC1)C(OC(C)C)(OC(C)C)OC(C)C. The van der Waals surface area contributed by atoms with Crippen LogP contribution in [-0.2, 0) is 18.9 Å². The van der Waals surface area contributed by atoms with E-state index in [0.717, 1.165) is 26.1 Å². The van der Waals surface area contributed by atoms with Crippen molar-refractivity contribution in [3.63, 3.8) is 0 Å². The molecule has 4 nitrogen and oxygen atoms in total. The number of rotatable bonds is 16. The number of hydrogen-bond donors (Lipinski definition) is 0. The van der Waals surface area contributed by atoms with Crippen molar-refractivity contribution in [1.29, 1.82) is 0 Å². The van der Waals surface area contributed by atoms with E-state index in [-0.39, 0.29) is 24.2 Å². The van der Waals surface area contributed by atoms with Crippen LogP contribution in [0.3, 0.4) is 0 Å². The summed E-state index contributed by atoms with van der Waals surface area (Å²) in [5.41, 5.74) is 0. The predicted octanol–water partition coefficient (Wildman–Crippen LogP) is 6.32. The molecule has 1 aliphatic rings. The van der Waals surface area contributed by atoms with E-state index in [1.54, 1.807) is 0 Å². The Morgan fingerprint density at radius 3 is 1.67 bits per heavy atom. The van der Waals surface area contributed by atoms with Crippen molar-refractivity contribution in [3.05, 3.63) is 0 Å². The summed E-state index contributed by atoms with van der Waals surface area (Å²) in [7, 11) is 0. The summed E-state index contributed by atoms with van der Waals surface area (Å²) in [5.74, 6) is -0.142. The zero-order chi connectivity index (χ0) is 20.3. The van der Waals surface area contributed by atoms with Crippen molar-refractivity contribution in [2.75, 3.05) is 13.2 Å². The van der Waals surface area contributed by atoms with Gasteiger partial charge >= 0.3 is 0 Å². The second-order valence-electron chi connectivity index (χ2n) is 9.00. The van der Waals surface area contributed by atoms with Gasteiger partial charge in [0.15, 0.2) is 0 Å². The fraction of sp³-hybridized carbons (Fsp3) is 1.00. The van der Waals surface area contributed by atoms with Crippen molar-refractivity contribution < 1.29 is 18.9 Å². The first-order chi connectivity index (χ1) is 12.8. The second kappa shape index (κ2) is 13.1. The van der Waals surface area contributed by atoms with Crippen molar-refractivity contribution in [2.24, 2.45) is 11.8 Å². The lowest BCUT2D eigenvalue weighted by Crippen LogP contribution is -2.52. The minimum absolute atomic E-state index is 0.0483. The standard InChI is InChI=1S/C23H46O4/c1-8-9-10-11-12-13-14-22(15-21-16-24-17-21)23(25-18(2)3,26-19(4)5)27-20(6)7/h18-22H,8-17H2,1-7H3. The molecule has 0 N–H and O–H groups in total. The maximum Gasteiger partial charge on any atom is 0.286 e. The van der Waals surface area contributed by atoms with Crippen LogP contribution in [0.4, 0.5) is 0 Å². The molecular weight excluding hydrogens is 340 g/mol. The van der Waals surface area contributed by atoms with Gasteiger partial charge in [0, 0.05) is 11.8 Å². The van der Waals surface area contributed by atoms with Gasteiger partial charge in [-0.1, -0.05) is 45.4 Å². The summed E-state index contributed by atoms with van der Waals surface area (Å²) in [6.07, 6.45) is 10.0. The van der Waals surface area contributed by atoms with Crippen molar-refractivity contribution in [2.45, 2.75) is 124 Å². The number of ether oxygens (including phenoxy) is 4. The molecule has 1 aliphatic heterocycles. The lowest BCUT2D eigenvalue weighted by Gasteiger charge is -2.45. The maximum absolute atomic E-state index is 6.40. The molecule has 0 aromatic carbocycles. The van der Waals surface area contributed by atoms with Crippen LogP contribution in [0.15, 0.2) is 0 Å². The average Bonchev–Trinajstić information content (AvgIpc) is 2.49. The molecule has 0 aromatic heterocycles. The zero-order valence-electron chi connectivity index (χ0n) is 19.1. The van der Waals surface area contributed by atoms with E-state index in [9.17, 15) is 0 Å². The largest absolute Gasteiger partial charge is 0.381 e. The van der Waals surface area contributed by atoms with Gasteiger partial charge in [-0.15, -0.1) is 0 Å². The van der Waals surface area contributed by atoms with E-state index in [4.69, 9.17) is 18.9 Å². The second-order valence-corrected chi connectivity index (χ2v) is 9.00. The average molecular weight is 387 g/mol. The highest BCUT2D eigenvalue weighted by Crippen LogP contribution is 2.39. The molecule has 1 rings (SSSR count). The summed E-state index contributed by atoms with van der Waals surface area (Å²) < 4.78 is 24.6. The van der Waals surface area contributed by atoms with Gasteiger partial charge in [-0.2, -0.15) is 0 Å². The summed E-state index contributed by atoms with van der Waals surface area (Å²) in [4.78, 5) is 0. The Labute approximate surface area is 168 Å². The van der Waals surface area contributed by atoms with Crippen LogP contribution in [0.1, 0.15) is 99.8 Å². The Morgan fingerprint density at radius 2 is 1.26 bits per heavy atom. The molecule has 162 valence electrons. The molecule has 1 fully saturated rings. The van der Waals surface area contributed by atoms with Gasteiger partial charge in [-0.25, -0.2) is 0 Å². The highest BCUT2D eigenvalue weighted by molar-refractivity contribution is 4.80. The fourth-order valence-corrected chi connectivity index (χ4v) is 3.79. The number of unbranched alkanes of at least 4 members (excludes halogenated alkanes) is 5. The molecule has 0 bridgehead atoms. The Bertz CT molecular complexity index is 337. The summed E-state index contributed by atoms with van der Waals surface area (Å²) in [6.45, 7) is 16.4. The van der Waals surface area contributed by atoms with E-state index >= 15 is 0 Å². The van der Waals surface area contributed by atoms with E-state index < -0.39 is 5.97 Å². The van der Waals surface area contributed by atoms with Crippen LogP contribution in [-0.4, -0.2) is 37.5 Å². The molecule has 0 aromatic rings. The van der Waals surface area contributed by atoms with E-state index in [1.807, 2.05) is 0 Å². The van der Waals surface area contributed by atoms with Crippen LogP contribution in [0.5, 0.6) is 0 Å². The minimum Gasteiger partial charge on any atom is -0.381 e. The van der Waals surface area contributed by atoms with Crippen LogP contribution in [0.25, 0.3) is 0 Å². The molecule has 1 unspecified atom stereocenters. The van der Waals surface area contributed by atoms with Gasteiger partial charge in [0.1, 0.15) is 0 Å². The third-order valence-corrected chi connectivity index (χ3v) is 4.93. The normalized spacial score (nSPS) is 17.1. The van der Waals surface area contributed by atoms with Crippen molar-refractivity contribution in [3.8, 4) is 0 Å². The topological polar surface area (TPSA) is 36.9 Å². The zero-order valence-corrected chi connectivity index (χ0v) is 19.1. The summed E-state index contributed by atoms with van der Waals surface area (Å²) in [6, 6.07) is 0. The van der Waals surface area contributed by atoms with Gasteiger partial charge in [-0.05, 0) is 54.4 Å². The molecule has 1 heterocycles. The monoisotopic (exact) mass is 386 g/mol. The van der Waals surface area contributed by atoms with E-state index in [1.165, 1.54) is 38.5 Å². The minimum atomic E-state index is -0.963. The lowest BCUT2D eigenvalue weighted by atomic mass is 9.86. The van der Waals surface area contributed by atoms with Gasteiger partial charge in [0.25, 0.3) is 5.97 Å². The van der Waals surface area contributed by atoms with Crippen LogP contribution in [0, 0.1) is 11.8 Å². The van der Waals surface area contributed by atoms with Crippen molar-refractivity contribution in [1.82, 2.24) is 0 Å². The first-order valence-corrected chi connectivity index (χ1v) is 11.4.